The summed E-state index contributed by atoms with van der Waals surface area (Å²) in [5, 5.41) is 0.932. The van der Waals surface area contributed by atoms with Crippen molar-refractivity contribution in [2.24, 2.45) is 0 Å². The topological polar surface area (TPSA) is 68.7 Å². The third kappa shape index (κ3) is 4.41. The summed E-state index contributed by atoms with van der Waals surface area (Å²) < 4.78 is 10.4. The Morgan fingerprint density at radius 1 is 1.00 bits per heavy atom. The van der Waals surface area contributed by atoms with Gasteiger partial charge in [-0.3, -0.25) is 4.79 Å². The van der Waals surface area contributed by atoms with Crippen LogP contribution in [0.2, 0.25) is 0 Å². The molecule has 27 heavy (non-hydrogen) atoms. The molecule has 0 saturated carbocycles. The Hall–Kier alpha value is -3.41. The van der Waals surface area contributed by atoms with Crippen molar-refractivity contribution in [1.82, 2.24) is 9.88 Å². The number of hydrogen-bond acceptors (Lipinski definition) is 5. The van der Waals surface area contributed by atoms with E-state index in [-0.39, 0.29) is 18.2 Å². The number of aromatic nitrogens is 1. The summed E-state index contributed by atoms with van der Waals surface area (Å²) >= 11 is 0. The van der Waals surface area contributed by atoms with E-state index in [1.807, 2.05) is 48.5 Å². The van der Waals surface area contributed by atoms with Crippen molar-refractivity contribution in [3.8, 4) is 5.75 Å². The molecule has 0 radical (unpaired) electrons. The summed E-state index contributed by atoms with van der Waals surface area (Å²) in [5.74, 6) is -0.232. The van der Waals surface area contributed by atoms with Crippen LogP contribution in [0.5, 0.6) is 5.75 Å². The van der Waals surface area contributed by atoms with Crippen molar-refractivity contribution in [3.05, 3.63) is 71.9 Å². The van der Waals surface area contributed by atoms with Gasteiger partial charge in [-0.25, -0.2) is 9.78 Å². The van der Waals surface area contributed by atoms with Gasteiger partial charge in [-0.1, -0.05) is 42.5 Å². The highest BCUT2D eigenvalue weighted by atomic mass is 16.5. The maximum atomic E-state index is 12.3. The van der Waals surface area contributed by atoms with Crippen molar-refractivity contribution >= 4 is 22.8 Å². The highest BCUT2D eigenvalue weighted by Crippen LogP contribution is 2.18. The van der Waals surface area contributed by atoms with Crippen LogP contribution in [-0.2, 0) is 16.1 Å². The first-order valence-corrected chi connectivity index (χ1v) is 8.47. The molecule has 0 bridgehead atoms. The molecule has 0 atom stereocenters. The molecule has 3 rings (SSSR count). The van der Waals surface area contributed by atoms with E-state index < -0.39 is 5.97 Å². The van der Waals surface area contributed by atoms with Crippen LogP contribution in [-0.4, -0.2) is 42.5 Å². The van der Waals surface area contributed by atoms with Crippen molar-refractivity contribution in [2.75, 3.05) is 20.8 Å². The fourth-order valence-electron chi connectivity index (χ4n) is 2.67. The van der Waals surface area contributed by atoms with E-state index in [1.54, 1.807) is 26.3 Å². The number of methoxy groups -OCH3 is 1. The van der Waals surface area contributed by atoms with Crippen molar-refractivity contribution in [1.29, 1.82) is 0 Å². The minimum absolute atomic E-state index is 0.175. The summed E-state index contributed by atoms with van der Waals surface area (Å²) in [4.78, 5) is 30.2. The number of amides is 1. The minimum atomic E-state index is -0.625. The van der Waals surface area contributed by atoms with Gasteiger partial charge in [0.25, 0.3) is 5.91 Å². The number of fused-ring (bicyclic) bond motifs is 1. The second-order valence-electron chi connectivity index (χ2n) is 6.03. The Labute approximate surface area is 157 Å². The van der Waals surface area contributed by atoms with Crippen LogP contribution >= 0.6 is 0 Å². The molecule has 0 aliphatic heterocycles. The number of likely N-dealkylation sites (N-methyl/N-ethyl adjacent to an activating group) is 1. The van der Waals surface area contributed by atoms with E-state index in [4.69, 9.17) is 9.47 Å². The third-order valence-electron chi connectivity index (χ3n) is 4.16. The molecule has 138 valence electrons. The molecule has 6 nitrogen and oxygen atoms in total. The van der Waals surface area contributed by atoms with Crippen molar-refractivity contribution < 1.29 is 19.1 Å². The maximum absolute atomic E-state index is 12.3. The molecule has 0 spiro atoms. The first-order chi connectivity index (χ1) is 13.1. The van der Waals surface area contributed by atoms with Gasteiger partial charge in [0.15, 0.2) is 6.61 Å². The van der Waals surface area contributed by atoms with Crippen LogP contribution in [0.3, 0.4) is 0 Å². The highest BCUT2D eigenvalue weighted by Gasteiger charge is 2.16. The average molecular weight is 364 g/mol. The summed E-state index contributed by atoms with van der Waals surface area (Å²) in [5.41, 5.74) is 1.75. The molecule has 3 aromatic rings. The van der Waals surface area contributed by atoms with Gasteiger partial charge in [0.1, 0.15) is 11.4 Å². The van der Waals surface area contributed by atoms with Crippen LogP contribution in [0.15, 0.2) is 60.7 Å². The number of esters is 1. The summed E-state index contributed by atoms with van der Waals surface area (Å²) in [6, 6.07) is 18.3. The van der Waals surface area contributed by atoms with Gasteiger partial charge >= 0.3 is 5.97 Å². The molecule has 0 aliphatic rings. The van der Waals surface area contributed by atoms with E-state index in [2.05, 4.69) is 4.98 Å². The fraction of sp³-hybridized carbons (Fsp3) is 0.190. The van der Waals surface area contributed by atoms with Gasteiger partial charge in [-0.05, 0) is 18.2 Å². The highest BCUT2D eigenvalue weighted by molar-refractivity contribution is 5.92. The standard InChI is InChI=1S/C21H20N2O4/c1-23(13-16-8-4-6-10-19(16)26-2)20(24)14-27-21(25)18-12-11-15-7-3-5-9-17(15)22-18/h3-12H,13-14H2,1-2H3. The first kappa shape index (κ1) is 18.4. The van der Waals surface area contributed by atoms with E-state index in [0.717, 1.165) is 10.9 Å². The number of carbonyl (C=O) groups excluding carboxylic acids is 2. The van der Waals surface area contributed by atoms with Gasteiger partial charge in [0.2, 0.25) is 0 Å². The van der Waals surface area contributed by atoms with Gasteiger partial charge in [0, 0.05) is 24.5 Å². The molecule has 1 aromatic heterocycles. The molecule has 0 fully saturated rings. The Morgan fingerprint density at radius 2 is 1.74 bits per heavy atom. The van der Waals surface area contributed by atoms with E-state index in [9.17, 15) is 9.59 Å². The first-order valence-electron chi connectivity index (χ1n) is 8.47. The zero-order valence-corrected chi connectivity index (χ0v) is 15.2. The number of ether oxygens (including phenoxy) is 2. The SMILES string of the molecule is COc1ccccc1CN(C)C(=O)COC(=O)c1ccc2ccccc2n1. The van der Waals surface area contributed by atoms with Crippen LogP contribution in [0, 0.1) is 0 Å². The molecule has 0 aliphatic carbocycles. The second-order valence-corrected chi connectivity index (χ2v) is 6.03. The summed E-state index contributed by atoms with van der Waals surface area (Å²) in [6.07, 6.45) is 0. The summed E-state index contributed by atoms with van der Waals surface area (Å²) in [6.45, 7) is 0.00755. The monoisotopic (exact) mass is 364 g/mol. The second kappa shape index (κ2) is 8.31. The van der Waals surface area contributed by atoms with Crippen LogP contribution < -0.4 is 4.74 Å². The molecule has 0 saturated heterocycles. The Balaban J connectivity index is 1.59. The Bertz CT molecular complexity index is 971. The van der Waals surface area contributed by atoms with Crippen LogP contribution in [0.4, 0.5) is 0 Å². The lowest BCUT2D eigenvalue weighted by molar-refractivity contribution is -0.133. The molecule has 1 amide bonds. The maximum Gasteiger partial charge on any atom is 0.357 e. The van der Waals surface area contributed by atoms with Gasteiger partial charge in [-0.2, -0.15) is 0 Å². The molecule has 6 heteroatoms. The van der Waals surface area contributed by atoms with Gasteiger partial charge in [-0.15, -0.1) is 0 Å². The van der Waals surface area contributed by atoms with E-state index >= 15 is 0 Å². The largest absolute Gasteiger partial charge is 0.496 e. The molecular formula is C21H20N2O4. The number of carbonyl (C=O) groups is 2. The predicted molar refractivity (Wildman–Crippen MR) is 101 cm³/mol. The van der Waals surface area contributed by atoms with Gasteiger partial charge in [0.05, 0.1) is 12.6 Å². The zero-order valence-electron chi connectivity index (χ0n) is 15.2. The number of pyridine rings is 1. The Kier molecular flexibility index (Phi) is 5.66. The minimum Gasteiger partial charge on any atom is -0.496 e. The zero-order chi connectivity index (χ0) is 19.2. The quantitative estimate of drug-likeness (QED) is 0.629. The average Bonchev–Trinajstić information content (AvgIpc) is 2.71. The van der Waals surface area contributed by atoms with Crippen molar-refractivity contribution in [3.63, 3.8) is 0 Å². The normalized spacial score (nSPS) is 10.4. The number of nitrogens with zero attached hydrogens (tertiary/aromatic N) is 2. The molecule has 2 aromatic carbocycles. The smallest absolute Gasteiger partial charge is 0.357 e. The summed E-state index contributed by atoms with van der Waals surface area (Å²) in [7, 11) is 3.23. The lowest BCUT2D eigenvalue weighted by Crippen LogP contribution is -2.31. The van der Waals surface area contributed by atoms with Crippen LogP contribution in [0.1, 0.15) is 16.1 Å². The predicted octanol–water partition coefficient (Wildman–Crippen LogP) is 3.06. The van der Waals surface area contributed by atoms with E-state index in [1.165, 1.54) is 4.90 Å². The van der Waals surface area contributed by atoms with Crippen LogP contribution in [0.25, 0.3) is 10.9 Å². The lowest BCUT2D eigenvalue weighted by atomic mass is 10.2. The Morgan fingerprint density at radius 3 is 2.56 bits per heavy atom. The number of rotatable bonds is 6. The lowest BCUT2D eigenvalue weighted by Gasteiger charge is -2.18. The number of hydrogen-bond donors (Lipinski definition) is 0. The fourth-order valence-corrected chi connectivity index (χ4v) is 2.67. The molecule has 0 N–H and O–H groups in total. The molecular weight excluding hydrogens is 344 g/mol. The van der Waals surface area contributed by atoms with Gasteiger partial charge < -0.3 is 14.4 Å². The van der Waals surface area contributed by atoms with E-state index in [0.29, 0.717) is 17.8 Å². The third-order valence-corrected chi connectivity index (χ3v) is 4.16. The number of para-hydroxylation sites is 2. The van der Waals surface area contributed by atoms with Crippen molar-refractivity contribution in [2.45, 2.75) is 6.54 Å². The molecule has 1 heterocycles. The number of benzene rings is 2. The molecule has 0 unspecified atom stereocenters.